The van der Waals surface area contributed by atoms with Gasteiger partial charge in [0.05, 0.1) is 5.92 Å². The Bertz CT molecular complexity index is 706. The van der Waals surface area contributed by atoms with Gasteiger partial charge in [0.1, 0.15) is 11.7 Å². The van der Waals surface area contributed by atoms with Crippen molar-refractivity contribution >= 4 is 11.9 Å². The first-order valence-electron chi connectivity index (χ1n) is 6.71. The van der Waals surface area contributed by atoms with Gasteiger partial charge in [0, 0.05) is 5.56 Å². The number of carbonyl (C=O) groups excluding carboxylic acids is 1. The maximum atomic E-state index is 12.1. The molecule has 21 heavy (non-hydrogen) atoms. The van der Waals surface area contributed by atoms with Crippen LogP contribution in [0.5, 0.6) is 5.75 Å². The van der Waals surface area contributed by atoms with Gasteiger partial charge in [-0.2, -0.15) is 0 Å². The normalized spacial score (nSPS) is 18.0. The molecule has 4 heteroatoms. The number of rotatable bonds is 3. The van der Waals surface area contributed by atoms with Crippen LogP contribution in [0.15, 0.2) is 48.5 Å². The number of aliphatic carboxylic acids is 1. The lowest BCUT2D eigenvalue weighted by Crippen LogP contribution is -2.11. The molecule has 0 radical (unpaired) electrons. The fraction of sp³-hybridized carbons (Fsp3) is 0.176. The minimum absolute atomic E-state index is 0.323. The molecular formula is C17H14O4. The molecule has 0 amide bonds. The van der Waals surface area contributed by atoms with Gasteiger partial charge in [-0.25, -0.2) is 0 Å². The summed E-state index contributed by atoms with van der Waals surface area (Å²) in [5.74, 6) is -1.81. The highest BCUT2D eigenvalue weighted by Crippen LogP contribution is 2.40. The quantitative estimate of drug-likeness (QED) is 0.694. The van der Waals surface area contributed by atoms with Crippen molar-refractivity contribution < 1.29 is 19.4 Å². The van der Waals surface area contributed by atoms with Crippen molar-refractivity contribution in [2.75, 3.05) is 0 Å². The molecule has 1 aliphatic rings. The summed E-state index contributed by atoms with van der Waals surface area (Å²) in [6.45, 7) is 1.62. The first-order valence-corrected chi connectivity index (χ1v) is 6.71. The third-order valence-corrected chi connectivity index (χ3v) is 3.79. The number of ether oxygens (including phenoxy) is 1. The molecule has 1 N–H and O–H groups in total. The van der Waals surface area contributed by atoms with E-state index in [4.69, 9.17) is 9.84 Å². The van der Waals surface area contributed by atoms with Crippen LogP contribution in [0.2, 0.25) is 0 Å². The molecule has 4 nitrogen and oxygen atoms in total. The van der Waals surface area contributed by atoms with Gasteiger partial charge in [0.25, 0.3) is 0 Å². The number of carboxylic acids is 1. The van der Waals surface area contributed by atoms with Gasteiger partial charge in [0.15, 0.2) is 0 Å². The van der Waals surface area contributed by atoms with Gasteiger partial charge in [-0.05, 0) is 24.1 Å². The molecule has 0 fully saturated rings. The van der Waals surface area contributed by atoms with Crippen molar-refractivity contribution in [2.45, 2.75) is 18.8 Å². The van der Waals surface area contributed by atoms with Crippen LogP contribution in [0.1, 0.15) is 35.4 Å². The predicted molar refractivity (Wildman–Crippen MR) is 76.4 cm³/mol. The van der Waals surface area contributed by atoms with Crippen LogP contribution >= 0.6 is 0 Å². The van der Waals surface area contributed by atoms with Crippen LogP contribution < -0.4 is 4.74 Å². The molecule has 3 rings (SSSR count). The maximum Gasteiger partial charge on any atom is 0.323 e. The van der Waals surface area contributed by atoms with Crippen molar-refractivity contribution in [1.82, 2.24) is 0 Å². The third kappa shape index (κ3) is 2.29. The smallest absolute Gasteiger partial charge is 0.323 e. The molecule has 0 aliphatic carbocycles. The predicted octanol–water partition coefficient (Wildman–Crippen LogP) is 2.93. The standard InChI is InChI=1S/C17H14O4/c1-10(16(18)19)12-7-8-14-13(9-12)15(17(20)21-14)11-5-3-2-4-6-11/h2-10,15H,1H3,(H,18,19)/t10-,15+/m0/s1. The molecule has 0 bridgehead atoms. The van der Waals surface area contributed by atoms with E-state index in [1.54, 1.807) is 25.1 Å². The zero-order valence-electron chi connectivity index (χ0n) is 11.4. The van der Waals surface area contributed by atoms with E-state index in [0.717, 1.165) is 11.1 Å². The second-order valence-corrected chi connectivity index (χ2v) is 5.12. The summed E-state index contributed by atoms with van der Waals surface area (Å²) in [7, 11) is 0. The van der Waals surface area contributed by atoms with Crippen molar-refractivity contribution in [3.8, 4) is 5.75 Å². The second kappa shape index (κ2) is 5.05. The maximum absolute atomic E-state index is 12.1. The molecule has 0 saturated heterocycles. The summed E-state index contributed by atoms with van der Waals surface area (Å²) in [5, 5.41) is 9.12. The number of benzene rings is 2. The summed E-state index contributed by atoms with van der Waals surface area (Å²) in [5.41, 5.74) is 2.25. The summed E-state index contributed by atoms with van der Waals surface area (Å²) >= 11 is 0. The summed E-state index contributed by atoms with van der Waals surface area (Å²) in [6, 6.07) is 14.5. The number of hydrogen-bond donors (Lipinski definition) is 1. The van der Waals surface area contributed by atoms with Crippen molar-refractivity contribution in [3.63, 3.8) is 0 Å². The molecule has 0 spiro atoms. The Morgan fingerprint density at radius 2 is 1.90 bits per heavy atom. The van der Waals surface area contributed by atoms with Gasteiger partial charge in [-0.3, -0.25) is 9.59 Å². The van der Waals surface area contributed by atoms with E-state index in [2.05, 4.69) is 0 Å². The molecule has 2 aromatic rings. The highest BCUT2D eigenvalue weighted by Gasteiger charge is 2.35. The van der Waals surface area contributed by atoms with Crippen molar-refractivity contribution in [1.29, 1.82) is 0 Å². The topological polar surface area (TPSA) is 63.6 Å². The van der Waals surface area contributed by atoms with Gasteiger partial charge in [-0.15, -0.1) is 0 Å². The van der Waals surface area contributed by atoms with Crippen LogP contribution in [0.25, 0.3) is 0 Å². The molecule has 1 aliphatic heterocycles. The van der Waals surface area contributed by atoms with E-state index in [0.29, 0.717) is 11.3 Å². The lowest BCUT2D eigenvalue weighted by Gasteiger charge is -2.11. The largest absolute Gasteiger partial charge is 0.481 e. The summed E-state index contributed by atoms with van der Waals surface area (Å²) in [4.78, 5) is 23.2. The van der Waals surface area contributed by atoms with Crippen LogP contribution in [-0.2, 0) is 9.59 Å². The number of carbonyl (C=O) groups is 2. The van der Waals surface area contributed by atoms with Gasteiger partial charge in [0.2, 0.25) is 0 Å². The van der Waals surface area contributed by atoms with E-state index in [1.165, 1.54) is 0 Å². The van der Waals surface area contributed by atoms with Crippen molar-refractivity contribution in [3.05, 3.63) is 65.2 Å². The zero-order valence-corrected chi connectivity index (χ0v) is 11.4. The summed E-state index contributed by atoms with van der Waals surface area (Å²) < 4.78 is 5.28. The molecule has 0 saturated carbocycles. The first kappa shape index (κ1) is 13.4. The van der Waals surface area contributed by atoms with Crippen LogP contribution in [-0.4, -0.2) is 17.0 Å². The molecule has 2 atom stereocenters. The highest BCUT2D eigenvalue weighted by molar-refractivity contribution is 5.89. The Balaban J connectivity index is 2.07. The summed E-state index contributed by atoms with van der Waals surface area (Å²) in [6.07, 6.45) is 0. The molecule has 1 heterocycles. The second-order valence-electron chi connectivity index (χ2n) is 5.12. The Morgan fingerprint density at radius 1 is 1.19 bits per heavy atom. The molecule has 106 valence electrons. The van der Waals surface area contributed by atoms with E-state index in [-0.39, 0.29) is 5.97 Å². The molecular weight excluding hydrogens is 268 g/mol. The van der Waals surface area contributed by atoms with Crippen LogP contribution in [0, 0.1) is 0 Å². The molecule has 0 aromatic heterocycles. The first-order chi connectivity index (χ1) is 10.1. The fourth-order valence-electron chi connectivity index (χ4n) is 2.55. The van der Waals surface area contributed by atoms with Crippen molar-refractivity contribution in [2.24, 2.45) is 0 Å². The number of carboxylic acid groups (broad SMARTS) is 1. The Morgan fingerprint density at radius 3 is 2.57 bits per heavy atom. The van der Waals surface area contributed by atoms with E-state index in [9.17, 15) is 9.59 Å². The SMILES string of the molecule is C[C@H](C(=O)O)c1ccc2c(c1)[C@@H](c1ccccc1)C(=O)O2. The Labute approximate surface area is 122 Å². The van der Waals surface area contributed by atoms with E-state index in [1.807, 2.05) is 30.3 Å². The van der Waals surface area contributed by atoms with Crippen LogP contribution in [0.3, 0.4) is 0 Å². The lowest BCUT2D eigenvalue weighted by atomic mass is 9.89. The average molecular weight is 282 g/mol. The number of hydrogen-bond acceptors (Lipinski definition) is 3. The van der Waals surface area contributed by atoms with Gasteiger partial charge in [-0.1, -0.05) is 42.5 Å². The third-order valence-electron chi connectivity index (χ3n) is 3.79. The van der Waals surface area contributed by atoms with Gasteiger partial charge >= 0.3 is 11.9 Å². The van der Waals surface area contributed by atoms with Gasteiger partial charge < -0.3 is 9.84 Å². The van der Waals surface area contributed by atoms with E-state index >= 15 is 0 Å². The fourth-order valence-corrected chi connectivity index (χ4v) is 2.55. The zero-order chi connectivity index (χ0) is 15.0. The Kier molecular flexibility index (Phi) is 3.22. The van der Waals surface area contributed by atoms with Crippen LogP contribution in [0.4, 0.5) is 0 Å². The minimum Gasteiger partial charge on any atom is -0.481 e. The molecule has 2 aromatic carbocycles. The lowest BCUT2D eigenvalue weighted by molar-refractivity contribution is -0.138. The monoisotopic (exact) mass is 282 g/mol. The van der Waals surface area contributed by atoms with E-state index < -0.39 is 17.8 Å². The minimum atomic E-state index is -0.892. The Hall–Kier alpha value is -2.62. The molecule has 0 unspecified atom stereocenters. The number of fused-ring (bicyclic) bond motifs is 1. The highest BCUT2D eigenvalue weighted by atomic mass is 16.5. The average Bonchev–Trinajstić information content (AvgIpc) is 2.82. The number of esters is 1.